The normalized spacial score (nSPS) is 12.9. The molecule has 0 fully saturated rings. The molecule has 3 heterocycles. The summed E-state index contributed by atoms with van der Waals surface area (Å²) in [7, 11) is 3.11. The summed E-state index contributed by atoms with van der Waals surface area (Å²) in [4.78, 5) is 28.5. The van der Waals surface area contributed by atoms with Gasteiger partial charge in [0.2, 0.25) is 5.89 Å². The van der Waals surface area contributed by atoms with Crippen molar-refractivity contribution < 1.29 is 9.63 Å². The molecule has 3 rings (SSSR count). The van der Waals surface area contributed by atoms with E-state index >= 15 is 0 Å². The zero-order valence-corrected chi connectivity index (χ0v) is 12.9. The number of imidazole rings is 1. The lowest BCUT2D eigenvalue weighted by molar-refractivity contribution is 0.191. The van der Waals surface area contributed by atoms with Gasteiger partial charge in [0.15, 0.2) is 5.82 Å². The van der Waals surface area contributed by atoms with Crippen LogP contribution in [-0.4, -0.2) is 40.3 Å². The second kappa shape index (κ2) is 5.47. The highest BCUT2D eigenvalue weighted by Crippen LogP contribution is 2.06. The molecular formula is C13H16N6O4. The molecule has 0 radical (unpaired) electrons. The Bertz CT molecular complexity index is 977. The predicted octanol–water partition coefficient (Wildman–Crippen LogP) is -1.21. The Kier molecular flexibility index (Phi) is 3.60. The average Bonchev–Trinajstić information content (AvgIpc) is 3.01. The molecule has 0 unspecified atom stereocenters. The van der Waals surface area contributed by atoms with Crippen molar-refractivity contribution in [2.45, 2.75) is 26.0 Å². The van der Waals surface area contributed by atoms with Crippen LogP contribution in [0.4, 0.5) is 0 Å². The number of aliphatic hydroxyl groups excluding tert-OH is 1. The molecule has 0 bridgehead atoms. The number of aromatic nitrogens is 6. The van der Waals surface area contributed by atoms with Crippen LogP contribution in [0.25, 0.3) is 11.0 Å². The van der Waals surface area contributed by atoms with Crippen molar-refractivity contribution in [1.29, 1.82) is 0 Å². The molecule has 0 aliphatic heterocycles. The number of rotatable bonds is 4. The molecular weight excluding hydrogens is 304 g/mol. The number of fused-ring (bicyclic) bond motifs is 1. The van der Waals surface area contributed by atoms with E-state index in [-0.39, 0.29) is 30.1 Å². The van der Waals surface area contributed by atoms with E-state index in [2.05, 4.69) is 15.2 Å². The van der Waals surface area contributed by atoms with Crippen molar-refractivity contribution >= 4 is 11.0 Å². The SMILES string of the molecule is C[C@@H](O)Cc1noc(Cn2ncc3c(c2=O)n(C)c(=O)n3C)n1. The lowest BCUT2D eigenvalue weighted by Gasteiger charge is -2.01. The Morgan fingerprint density at radius 3 is 2.74 bits per heavy atom. The summed E-state index contributed by atoms with van der Waals surface area (Å²) in [6.45, 7) is 1.61. The van der Waals surface area contributed by atoms with Gasteiger partial charge in [-0.25, -0.2) is 9.48 Å². The minimum absolute atomic E-state index is 0.00926. The summed E-state index contributed by atoms with van der Waals surface area (Å²) in [5, 5.41) is 17.1. The second-order valence-electron chi connectivity index (χ2n) is 5.40. The number of aryl methyl sites for hydroxylation is 2. The van der Waals surface area contributed by atoms with Crippen LogP contribution >= 0.6 is 0 Å². The largest absolute Gasteiger partial charge is 0.393 e. The lowest BCUT2D eigenvalue weighted by Crippen LogP contribution is -2.26. The number of hydrogen-bond donors (Lipinski definition) is 1. The van der Waals surface area contributed by atoms with E-state index in [1.807, 2.05) is 0 Å². The highest BCUT2D eigenvalue weighted by molar-refractivity contribution is 5.73. The average molecular weight is 320 g/mol. The molecule has 0 saturated heterocycles. The molecule has 1 N–H and O–H groups in total. The Morgan fingerprint density at radius 2 is 2.04 bits per heavy atom. The quantitative estimate of drug-likeness (QED) is 0.640. The standard InChI is InChI=1S/C13H16N6O4/c1-7(20)4-9-15-10(23-16-9)6-19-12(21)11-8(5-14-19)17(2)13(22)18(11)3/h5,7,20H,4,6H2,1-3H3/t7-/m1/s1. The summed E-state index contributed by atoms with van der Waals surface area (Å²) in [5.74, 6) is 0.562. The third kappa shape index (κ3) is 2.57. The van der Waals surface area contributed by atoms with Crippen LogP contribution in [0.3, 0.4) is 0 Å². The third-order valence-corrected chi connectivity index (χ3v) is 3.54. The maximum atomic E-state index is 12.5. The van der Waals surface area contributed by atoms with Crippen LogP contribution in [0.15, 0.2) is 20.3 Å². The molecule has 3 aromatic heterocycles. The minimum Gasteiger partial charge on any atom is -0.393 e. The highest BCUT2D eigenvalue weighted by atomic mass is 16.5. The van der Waals surface area contributed by atoms with E-state index in [9.17, 15) is 14.7 Å². The lowest BCUT2D eigenvalue weighted by atomic mass is 10.3. The molecule has 0 saturated carbocycles. The zero-order valence-electron chi connectivity index (χ0n) is 12.9. The van der Waals surface area contributed by atoms with Crippen LogP contribution in [0.1, 0.15) is 18.6 Å². The summed E-state index contributed by atoms with van der Waals surface area (Å²) in [6, 6.07) is 0. The molecule has 0 aromatic carbocycles. The van der Waals surface area contributed by atoms with Crippen molar-refractivity contribution in [2.75, 3.05) is 0 Å². The molecule has 10 heteroatoms. The minimum atomic E-state index is -0.587. The Labute approximate surface area is 129 Å². The van der Waals surface area contributed by atoms with Crippen LogP contribution in [0.2, 0.25) is 0 Å². The molecule has 23 heavy (non-hydrogen) atoms. The molecule has 0 spiro atoms. The van der Waals surface area contributed by atoms with Gasteiger partial charge in [-0.05, 0) is 6.92 Å². The van der Waals surface area contributed by atoms with Crippen molar-refractivity contribution in [3.8, 4) is 0 Å². The summed E-state index contributed by atoms with van der Waals surface area (Å²) in [5.41, 5.74) is 0.00179. The van der Waals surface area contributed by atoms with E-state index in [1.54, 1.807) is 14.0 Å². The van der Waals surface area contributed by atoms with Crippen molar-refractivity contribution in [3.63, 3.8) is 0 Å². The molecule has 10 nitrogen and oxygen atoms in total. The predicted molar refractivity (Wildman–Crippen MR) is 79.0 cm³/mol. The Balaban J connectivity index is 1.99. The molecule has 1 atom stereocenters. The third-order valence-electron chi connectivity index (χ3n) is 3.54. The van der Waals surface area contributed by atoms with Crippen LogP contribution in [0, 0.1) is 0 Å². The topological polar surface area (TPSA) is 121 Å². The van der Waals surface area contributed by atoms with Crippen LogP contribution in [-0.2, 0) is 27.1 Å². The van der Waals surface area contributed by atoms with E-state index in [1.165, 1.54) is 22.4 Å². The fourth-order valence-electron chi connectivity index (χ4n) is 2.40. The van der Waals surface area contributed by atoms with Crippen molar-refractivity contribution in [3.05, 3.63) is 38.8 Å². The molecule has 0 amide bonds. The van der Waals surface area contributed by atoms with Gasteiger partial charge in [0.05, 0.1) is 17.8 Å². The fraction of sp³-hybridized carbons (Fsp3) is 0.462. The summed E-state index contributed by atoms with van der Waals surface area (Å²) in [6.07, 6.45) is 1.12. The summed E-state index contributed by atoms with van der Waals surface area (Å²) < 4.78 is 8.85. The van der Waals surface area contributed by atoms with E-state index in [0.29, 0.717) is 11.3 Å². The van der Waals surface area contributed by atoms with Gasteiger partial charge in [-0.15, -0.1) is 0 Å². The van der Waals surface area contributed by atoms with Crippen LogP contribution < -0.4 is 11.2 Å². The van der Waals surface area contributed by atoms with Gasteiger partial charge in [0.25, 0.3) is 5.56 Å². The van der Waals surface area contributed by atoms with Gasteiger partial charge in [0, 0.05) is 20.5 Å². The zero-order chi connectivity index (χ0) is 16.7. The maximum absolute atomic E-state index is 12.5. The van der Waals surface area contributed by atoms with Gasteiger partial charge in [-0.3, -0.25) is 13.9 Å². The van der Waals surface area contributed by atoms with Gasteiger partial charge in [0.1, 0.15) is 12.1 Å². The van der Waals surface area contributed by atoms with Crippen molar-refractivity contribution in [1.82, 2.24) is 29.1 Å². The molecule has 0 aliphatic rings. The summed E-state index contributed by atoms with van der Waals surface area (Å²) >= 11 is 0. The van der Waals surface area contributed by atoms with Crippen molar-refractivity contribution in [2.24, 2.45) is 14.1 Å². The monoisotopic (exact) mass is 320 g/mol. The molecule has 0 aliphatic carbocycles. The van der Waals surface area contributed by atoms with Gasteiger partial charge in [-0.2, -0.15) is 10.1 Å². The number of nitrogens with zero attached hydrogens (tertiary/aromatic N) is 6. The fourth-order valence-corrected chi connectivity index (χ4v) is 2.40. The van der Waals surface area contributed by atoms with E-state index in [4.69, 9.17) is 4.52 Å². The van der Waals surface area contributed by atoms with E-state index in [0.717, 1.165) is 4.68 Å². The van der Waals surface area contributed by atoms with Gasteiger partial charge < -0.3 is 9.63 Å². The van der Waals surface area contributed by atoms with Gasteiger partial charge >= 0.3 is 5.69 Å². The number of hydrogen-bond acceptors (Lipinski definition) is 7. The van der Waals surface area contributed by atoms with Gasteiger partial charge in [-0.1, -0.05) is 5.16 Å². The number of aliphatic hydroxyl groups is 1. The first kappa shape index (κ1) is 15.2. The molecule has 122 valence electrons. The first-order valence-electron chi connectivity index (χ1n) is 6.99. The smallest absolute Gasteiger partial charge is 0.328 e. The first-order chi connectivity index (χ1) is 10.9. The first-order valence-corrected chi connectivity index (χ1v) is 6.99. The van der Waals surface area contributed by atoms with Crippen LogP contribution in [0.5, 0.6) is 0 Å². The Morgan fingerprint density at radius 1 is 1.30 bits per heavy atom. The highest BCUT2D eigenvalue weighted by Gasteiger charge is 2.16. The maximum Gasteiger partial charge on any atom is 0.328 e. The molecule has 3 aromatic rings. The van der Waals surface area contributed by atoms with E-state index < -0.39 is 11.7 Å². The second-order valence-corrected chi connectivity index (χ2v) is 5.40. The Hall–Kier alpha value is -2.75.